The Morgan fingerprint density at radius 3 is 2.37 bits per heavy atom. The molecule has 1 saturated carbocycles. The molecular weight excluding hydrogens is 835 g/mol. The van der Waals surface area contributed by atoms with Gasteiger partial charge in [-0.05, 0) is 96.1 Å². The number of rotatable bonds is 19. The predicted octanol–water partition coefficient (Wildman–Crippen LogP) is 3.82. The Hall–Kier alpha value is -4.45. The predicted molar refractivity (Wildman–Crippen MR) is 245 cm³/mol. The molecule has 1 aromatic rings. The zero-order chi connectivity index (χ0) is 47.4. The van der Waals surface area contributed by atoms with Crippen molar-refractivity contribution in [1.82, 2.24) is 16.0 Å². The largest absolute Gasteiger partial charge is 0.462 e. The van der Waals surface area contributed by atoms with Gasteiger partial charge >= 0.3 is 5.97 Å². The molecule has 4 fully saturated rings. The molecule has 3 aliphatic heterocycles. The molecule has 16 heteroatoms. The molecule has 3 saturated heterocycles. The zero-order valence-corrected chi connectivity index (χ0v) is 39.1. The number of carbonyl (C=O) groups is 5. The van der Waals surface area contributed by atoms with E-state index in [0.29, 0.717) is 57.2 Å². The molecule has 0 aromatic heterocycles. The highest BCUT2D eigenvalue weighted by atomic mass is 16.6. The molecule has 1 aliphatic carbocycles. The molecule has 5 rings (SSSR count). The maximum Gasteiger partial charge on any atom is 0.306 e. The fourth-order valence-corrected chi connectivity index (χ4v) is 8.67. The third kappa shape index (κ3) is 15.6. The Morgan fingerprint density at radius 2 is 1.69 bits per heavy atom. The molecule has 1 spiro atoms. The number of esters is 1. The Bertz CT molecular complexity index is 1890. The highest BCUT2D eigenvalue weighted by Gasteiger charge is 2.58. The highest BCUT2D eigenvalue weighted by molar-refractivity contribution is 5.98. The molecule has 4 aliphatic rings. The molecule has 0 radical (unpaired) electrons. The number of amides is 4. The van der Waals surface area contributed by atoms with Crippen molar-refractivity contribution < 1.29 is 53.1 Å². The van der Waals surface area contributed by atoms with Gasteiger partial charge in [0.1, 0.15) is 30.0 Å². The van der Waals surface area contributed by atoms with Crippen LogP contribution in [0.5, 0.6) is 0 Å². The molecule has 1 aromatic carbocycles. The monoisotopic (exact) mass is 908 g/mol. The second-order valence-electron chi connectivity index (χ2n) is 19.0. The fourth-order valence-electron chi connectivity index (χ4n) is 8.67. The van der Waals surface area contributed by atoms with Gasteiger partial charge in [-0.2, -0.15) is 0 Å². The molecule has 16 nitrogen and oxygen atoms in total. The van der Waals surface area contributed by atoms with E-state index in [2.05, 4.69) is 34.3 Å². The van der Waals surface area contributed by atoms with Crippen molar-refractivity contribution in [2.45, 2.75) is 185 Å². The molecule has 0 bridgehead atoms. The van der Waals surface area contributed by atoms with Crippen LogP contribution in [-0.2, 0) is 49.3 Å². The highest BCUT2D eigenvalue weighted by Crippen LogP contribution is 2.43. The minimum atomic E-state index is -0.867. The number of anilines is 1. The van der Waals surface area contributed by atoms with Crippen LogP contribution < -0.4 is 27.0 Å². The molecular formula is C49H73N5O11. The van der Waals surface area contributed by atoms with Crippen molar-refractivity contribution in [2.75, 3.05) is 11.9 Å². The van der Waals surface area contributed by atoms with Gasteiger partial charge in [0.05, 0.1) is 49.5 Å². The average molecular weight is 908 g/mol. The number of nitrogens with one attached hydrogen (secondary N) is 4. The normalized spacial score (nSPS) is 30.7. The molecule has 8 N–H and O–H groups in total. The number of epoxide rings is 1. The van der Waals surface area contributed by atoms with Gasteiger partial charge in [-0.1, -0.05) is 68.8 Å². The van der Waals surface area contributed by atoms with Crippen LogP contribution >= 0.6 is 0 Å². The van der Waals surface area contributed by atoms with Crippen LogP contribution in [0, 0.1) is 11.8 Å². The van der Waals surface area contributed by atoms with Gasteiger partial charge in [0.25, 0.3) is 0 Å². The lowest BCUT2D eigenvalue weighted by atomic mass is 9.87. The lowest BCUT2D eigenvalue weighted by molar-refractivity contribution is -0.151. The Kier molecular flexibility index (Phi) is 18.9. The molecule has 3 heterocycles. The summed E-state index contributed by atoms with van der Waals surface area (Å²) in [6, 6.07) is 5.47. The quantitative estimate of drug-likeness (QED) is 0.0454. The summed E-state index contributed by atoms with van der Waals surface area (Å²) in [6.07, 6.45) is 10.5. The van der Waals surface area contributed by atoms with Crippen LogP contribution in [0.3, 0.4) is 0 Å². The lowest BCUT2D eigenvalue weighted by Gasteiger charge is -2.39. The average Bonchev–Trinajstić information content (AvgIpc) is 4.03. The summed E-state index contributed by atoms with van der Waals surface area (Å²) in [7, 11) is 0. The van der Waals surface area contributed by atoms with E-state index >= 15 is 0 Å². The minimum absolute atomic E-state index is 0.0289. The van der Waals surface area contributed by atoms with Crippen LogP contribution in [0.2, 0.25) is 0 Å². The van der Waals surface area contributed by atoms with E-state index in [0.717, 1.165) is 17.6 Å². The number of hydrogen-bond acceptors (Lipinski definition) is 12. The number of ether oxygens (including phenoxy) is 4. The van der Waals surface area contributed by atoms with Gasteiger partial charge < -0.3 is 56.2 Å². The van der Waals surface area contributed by atoms with Crippen molar-refractivity contribution in [3.05, 3.63) is 65.8 Å². The van der Waals surface area contributed by atoms with Crippen molar-refractivity contribution in [2.24, 2.45) is 17.6 Å². The summed E-state index contributed by atoms with van der Waals surface area (Å²) < 4.78 is 24.1. The number of nitrogens with two attached hydrogens (primary N) is 1. The van der Waals surface area contributed by atoms with E-state index in [1.807, 2.05) is 52.0 Å². The van der Waals surface area contributed by atoms with Crippen LogP contribution in [0.25, 0.3) is 0 Å². The standard InChI is InChI=1S/C49H73N5O11/c1-28(2)45(50)48(61)51-32(6)47(60)54-38-11-9-8-10-34(38)15-23-44(58)65-36-18-16-35(17-19-36)52-43(57)25-37-26-49(27-62-49)46(59)41(64-37)21-13-29(3)12-20-40-30(4)24-39(33(7)63-40)53-42(56)22-14-31(5)55/h8-14,21-22,28,30-33,35-37,39-41,45-46,55,59H,15-20,23-27,50H2,1-7H3,(H,51,61)(H,52,57)(H,53,56)(H,54,60)/t30-,31-,32-,33+,35-,36-,37+,39+,40-,41+,45-,46+,49+/m0/s1. The molecule has 11 atom stereocenters. The first-order valence-corrected chi connectivity index (χ1v) is 23.4. The first kappa shape index (κ1) is 51.5. The second kappa shape index (κ2) is 23.8. The van der Waals surface area contributed by atoms with E-state index in [1.165, 1.54) is 12.2 Å². The van der Waals surface area contributed by atoms with Crippen molar-refractivity contribution >= 4 is 35.3 Å². The van der Waals surface area contributed by atoms with Gasteiger partial charge in [-0.3, -0.25) is 24.0 Å². The number of aliphatic hydroxyl groups is 2. The number of benzene rings is 1. The number of hydrogen-bond donors (Lipinski definition) is 7. The zero-order valence-electron chi connectivity index (χ0n) is 39.1. The van der Waals surface area contributed by atoms with Gasteiger partial charge in [0.2, 0.25) is 23.6 Å². The van der Waals surface area contributed by atoms with E-state index in [1.54, 1.807) is 26.0 Å². The van der Waals surface area contributed by atoms with Gasteiger partial charge in [0, 0.05) is 30.6 Å². The van der Waals surface area contributed by atoms with Crippen LogP contribution in [0.4, 0.5) is 5.69 Å². The summed E-state index contributed by atoms with van der Waals surface area (Å²) in [6.45, 7) is 13.3. The second-order valence-corrected chi connectivity index (χ2v) is 19.0. The first-order valence-electron chi connectivity index (χ1n) is 23.4. The van der Waals surface area contributed by atoms with Crippen molar-refractivity contribution in [1.29, 1.82) is 0 Å². The smallest absolute Gasteiger partial charge is 0.306 e. The molecule has 4 amide bonds. The van der Waals surface area contributed by atoms with Crippen LogP contribution in [0.1, 0.15) is 112 Å². The maximum atomic E-state index is 13.3. The third-order valence-corrected chi connectivity index (χ3v) is 13.0. The summed E-state index contributed by atoms with van der Waals surface area (Å²) in [4.78, 5) is 63.7. The topological polar surface area (TPSA) is 240 Å². The number of para-hydroxylation sites is 1. The molecule has 65 heavy (non-hydrogen) atoms. The van der Waals surface area contributed by atoms with E-state index in [9.17, 15) is 34.2 Å². The summed E-state index contributed by atoms with van der Waals surface area (Å²) in [5, 5.41) is 32.2. The Balaban J connectivity index is 1.02. The fraction of sp³-hybridized carbons (Fsp3) is 0.653. The molecule has 0 unspecified atom stereocenters. The number of allylic oxidation sites excluding steroid dienone is 2. The van der Waals surface area contributed by atoms with E-state index in [-0.39, 0.29) is 72.9 Å². The number of aliphatic hydroxyl groups excluding tert-OH is 2. The van der Waals surface area contributed by atoms with Crippen molar-refractivity contribution in [3.63, 3.8) is 0 Å². The number of aryl methyl sites for hydroxylation is 1. The minimum Gasteiger partial charge on any atom is -0.462 e. The van der Waals surface area contributed by atoms with Gasteiger partial charge in [-0.15, -0.1) is 0 Å². The SMILES string of the molecule is CC(C=C[C@H]1O[C@H](CC(=O)N[C@H]2CC[C@H](OC(=O)CCc3ccccc3NC(=O)[C@H](C)NC(=O)[C@@H](N)C(C)C)CC2)C[C@@]2(CO2)[C@@H]1O)=CC[C@@H]1O[C@H](C)[C@H](NC(=O)C=C[C@H](C)O)C[C@@H]1C. The van der Waals surface area contributed by atoms with Gasteiger partial charge in [-0.25, -0.2) is 0 Å². The third-order valence-electron chi connectivity index (χ3n) is 13.0. The summed E-state index contributed by atoms with van der Waals surface area (Å²) >= 11 is 0. The number of carbonyl (C=O) groups excluding carboxylic acids is 5. The van der Waals surface area contributed by atoms with Crippen LogP contribution in [0.15, 0.2) is 60.2 Å². The van der Waals surface area contributed by atoms with Gasteiger partial charge in [0.15, 0.2) is 0 Å². The van der Waals surface area contributed by atoms with Crippen molar-refractivity contribution in [3.8, 4) is 0 Å². The summed E-state index contributed by atoms with van der Waals surface area (Å²) in [5.74, 6) is -1.41. The summed E-state index contributed by atoms with van der Waals surface area (Å²) in [5.41, 5.74) is 7.48. The Morgan fingerprint density at radius 1 is 0.985 bits per heavy atom. The molecule has 360 valence electrons. The van der Waals surface area contributed by atoms with E-state index < -0.39 is 53.9 Å². The maximum absolute atomic E-state index is 13.3. The van der Waals surface area contributed by atoms with Crippen LogP contribution in [-0.4, -0.2) is 119 Å². The van der Waals surface area contributed by atoms with E-state index in [4.69, 9.17) is 24.7 Å². The first-order chi connectivity index (χ1) is 30.8. The Labute approximate surface area is 383 Å². The lowest BCUT2D eigenvalue weighted by Crippen LogP contribution is -2.51.